The van der Waals surface area contributed by atoms with E-state index in [1.54, 1.807) is 0 Å². The van der Waals surface area contributed by atoms with Crippen molar-refractivity contribution in [3.05, 3.63) is 59.7 Å². The predicted octanol–water partition coefficient (Wildman–Crippen LogP) is 3.63. The summed E-state index contributed by atoms with van der Waals surface area (Å²) in [5.41, 5.74) is 4.00. The van der Waals surface area contributed by atoms with Gasteiger partial charge in [0.25, 0.3) is 5.91 Å². The normalized spacial score (nSPS) is 23.7. The molecule has 0 aromatic heterocycles. The van der Waals surface area contributed by atoms with E-state index < -0.39 is 0 Å². The van der Waals surface area contributed by atoms with E-state index in [4.69, 9.17) is 4.74 Å². The fourth-order valence-corrected chi connectivity index (χ4v) is 4.12. The Balaban J connectivity index is 1.18. The van der Waals surface area contributed by atoms with E-state index in [0.29, 0.717) is 12.0 Å². The van der Waals surface area contributed by atoms with Gasteiger partial charge in [0.1, 0.15) is 0 Å². The van der Waals surface area contributed by atoms with E-state index >= 15 is 0 Å². The Hall–Kier alpha value is -2.37. The van der Waals surface area contributed by atoms with Gasteiger partial charge in [-0.15, -0.1) is 0 Å². The Labute approximate surface area is 172 Å². The Bertz CT molecular complexity index is 857. The number of hydrogen-bond donors (Lipinski definition) is 2. The number of carbonyl (C=O) groups excluding carboxylic acids is 1. The van der Waals surface area contributed by atoms with Crippen molar-refractivity contribution in [2.75, 3.05) is 43.1 Å². The minimum Gasteiger partial charge on any atom is -0.378 e. The monoisotopic (exact) mass is 391 g/mol. The second kappa shape index (κ2) is 8.17. The third kappa shape index (κ3) is 4.62. The van der Waals surface area contributed by atoms with E-state index in [1.807, 2.05) is 24.3 Å². The maximum atomic E-state index is 12.7. The highest BCUT2D eigenvalue weighted by Crippen LogP contribution is 2.41. The molecule has 5 nitrogen and oxygen atoms in total. The van der Waals surface area contributed by atoms with Gasteiger partial charge in [-0.2, -0.15) is 0 Å². The van der Waals surface area contributed by atoms with Gasteiger partial charge in [-0.05, 0) is 73.7 Å². The van der Waals surface area contributed by atoms with Crippen LogP contribution in [0.5, 0.6) is 0 Å². The summed E-state index contributed by atoms with van der Waals surface area (Å²) in [5, 5.41) is 6.71. The van der Waals surface area contributed by atoms with E-state index in [9.17, 15) is 4.79 Å². The third-order valence-corrected chi connectivity index (χ3v) is 6.23. The van der Waals surface area contributed by atoms with E-state index in [-0.39, 0.29) is 5.91 Å². The van der Waals surface area contributed by atoms with Crippen LogP contribution >= 0.6 is 0 Å². The van der Waals surface area contributed by atoms with E-state index in [1.165, 1.54) is 30.5 Å². The molecule has 1 saturated heterocycles. The van der Waals surface area contributed by atoms with Crippen molar-refractivity contribution in [2.24, 2.45) is 5.92 Å². The summed E-state index contributed by atoms with van der Waals surface area (Å²) < 4.78 is 5.41. The molecule has 29 heavy (non-hydrogen) atoms. The second-order valence-corrected chi connectivity index (χ2v) is 8.53. The molecule has 5 rings (SSSR count). The molecule has 3 fully saturated rings. The standard InChI is InChI=1S/C24H29N3O2/c28-24(26-20-6-8-21(9-7-20)27-10-12-29-13-11-27)19-3-1-2-18(14-19)22-15-23(22)25-16-17-4-5-17/h1-3,6-9,14,17,22-23,25H,4-5,10-13,15-16H2,(H,26,28)/t22-,23+/m0/s1. The highest BCUT2D eigenvalue weighted by Gasteiger charge is 2.39. The van der Waals surface area contributed by atoms with Crippen molar-refractivity contribution in [3.8, 4) is 0 Å². The largest absolute Gasteiger partial charge is 0.378 e. The lowest BCUT2D eigenvalue weighted by atomic mass is 10.1. The number of benzene rings is 2. The van der Waals surface area contributed by atoms with Gasteiger partial charge in [-0.3, -0.25) is 4.79 Å². The molecule has 2 saturated carbocycles. The van der Waals surface area contributed by atoms with Gasteiger partial charge in [0, 0.05) is 42.0 Å². The summed E-state index contributed by atoms with van der Waals surface area (Å²) >= 11 is 0. The summed E-state index contributed by atoms with van der Waals surface area (Å²) in [5.74, 6) is 1.41. The zero-order valence-electron chi connectivity index (χ0n) is 16.8. The molecule has 1 amide bonds. The van der Waals surface area contributed by atoms with Gasteiger partial charge in [0.05, 0.1) is 13.2 Å². The minimum absolute atomic E-state index is 0.0471. The minimum atomic E-state index is -0.0471. The van der Waals surface area contributed by atoms with Crippen molar-refractivity contribution in [2.45, 2.75) is 31.2 Å². The molecule has 2 atom stereocenters. The van der Waals surface area contributed by atoms with Gasteiger partial charge in [0.15, 0.2) is 0 Å². The van der Waals surface area contributed by atoms with Crippen LogP contribution in [-0.2, 0) is 4.74 Å². The zero-order chi connectivity index (χ0) is 19.6. The maximum absolute atomic E-state index is 12.7. The predicted molar refractivity (Wildman–Crippen MR) is 116 cm³/mol. The van der Waals surface area contributed by atoms with Gasteiger partial charge in [0.2, 0.25) is 0 Å². The van der Waals surface area contributed by atoms with Crippen molar-refractivity contribution >= 4 is 17.3 Å². The first-order valence-corrected chi connectivity index (χ1v) is 10.8. The lowest BCUT2D eigenvalue weighted by Crippen LogP contribution is -2.36. The first-order chi connectivity index (χ1) is 14.3. The molecule has 2 aromatic rings. The number of carbonyl (C=O) groups is 1. The molecule has 2 aliphatic carbocycles. The SMILES string of the molecule is O=C(Nc1ccc(N2CCOCC2)cc1)c1cccc([C@@H]2C[C@H]2NCC2CC2)c1. The smallest absolute Gasteiger partial charge is 0.255 e. The molecule has 0 radical (unpaired) electrons. The highest BCUT2D eigenvalue weighted by molar-refractivity contribution is 6.04. The maximum Gasteiger partial charge on any atom is 0.255 e. The van der Waals surface area contributed by atoms with Crippen LogP contribution in [0.15, 0.2) is 48.5 Å². The zero-order valence-corrected chi connectivity index (χ0v) is 16.8. The number of anilines is 2. The first kappa shape index (κ1) is 18.6. The summed E-state index contributed by atoms with van der Waals surface area (Å²) in [6.07, 6.45) is 3.95. The summed E-state index contributed by atoms with van der Waals surface area (Å²) in [6.45, 7) is 4.52. The molecule has 152 valence electrons. The summed E-state index contributed by atoms with van der Waals surface area (Å²) in [4.78, 5) is 15.1. The van der Waals surface area contributed by atoms with Crippen LogP contribution in [-0.4, -0.2) is 44.8 Å². The Kier molecular flexibility index (Phi) is 5.25. The van der Waals surface area contributed by atoms with E-state index in [0.717, 1.165) is 50.0 Å². The molecule has 0 spiro atoms. The molecule has 0 unspecified atom stereocenters. The first-order valence-electron chi connectivity index (χ1n) is 10.8. The van der Waals surface area contributed by atoms with Crippen LogP contribution < -0.4 is 15.5 Å². The van der Waals surface area contributed by atoms with Gasteiger partial charge >= 0.3 is 0 Å². The average molecular weight is 392 g/mol. The lowest BCUT2D eigenvalue weighted by Gasteiger charge is -2.28. The number of amides is 1. The summed E-state index contributed by atoms with van der Waals surface area (Å²) in [7, 11) is 0. The molecule has 1 heterocycles. The molecular formula is C24H29N3O2. The van der Waals surface area contributed by atoms with Gasteiger partial charge in [-0.25, -0.2) is 0 Å². The van der Waals surface area contributed by atoms with Crippen LogP contribution in [0.3, 0.4) is 0 Å². The Morgan fingerprint density at radius 1 is 1.07 bits per heavy atom. The van der Waals surface area contributed by atoms with Gasteiger partial charge in [-0.1, -0.05) is 12.1 Å². The number of rotatable bonds is 7. The molecule has 5 heteroatoms. The van der Waals surface area contributed by atoms with E-state index in [2.05, 4.69) is 39.8 Å². The number of morpholine rings is 1. The van der Waals surface area contributed by atoms with Crippen LogP contribution in [0.1, 0.15) is 41.1 Å². The van der Waals surface area contributed by atoms with Crippen LogP contribution in [0.4, 0.5) is 11.4 Å². The fraction of sp³-hybridized carbons (Fsp3) is 0.458. The number of hydrogen-bond acceptors (Lipinski definition) is 4. The van der Waals surface area contributed by atoms with Crippen LogP contribution in [0.2, 0.25) is 0 Å². The van der Waals surface area contributed by atoms with Crippen molar-refractivity contribution < 1.29 is 9.53 Å². The average Bonchev–Trinajstić information content (AvgIpc) is 3.69. The molecule has 2 N–H and O–H groups in total. The highest BCUT2D eigenvalue weighted by atomic mass is 16.5. The molecule has 3 aliphatic rings. The number of nitrogens with one attached hydrogen (secondary N) is 2. The van der Waals surface area contributed by atoms with Crippen LogP contribution in [0, 0.1) is 5.92 Å². The van der Waals surface area contributed by atoms with Gasteiger partial charge < -0.3 is 20.3 Å². The van der Waals surface area contributed by atoms with Crippen LogP contribution in [0.25, 0.3) is 0 Å². The third-order valence-electron chi connectivity index (χ3n) is 6.23. The van der Waals surface area contributed by atoms with Crippen molar-refractivity contribution in [1.29, 1.82) is 0 Å². The van der Waals surface area contributed by atoms with Crippen molar-refractivity contribution in [3.63, 3.8) is 0 Å². The molecule has 2 aromatic carbocycles. The Morgan fingerprint density at radius 2 is 1.86 bits per heavy atom. The number of nitrogens with zero attached hydrogens (tertiary/aromatic N) is 1. The molecule has 1 aliphatic heterocycles. The topological polar surface area (TPSA) is 53.6 Å². The quantitative estimate of drug-likeness (QED) is 0.757. The summed E-state index contributed by atoms with van der Waals surface area (Å²) in [6, 6.07) is 16.8. The van der Waals surface area contributed by atoms with Crippen molar-refractivity contribution in [1.82, 2.24) is 5.32 Å². The lowest BCUT2D eigenvalue weighted by molar-refractivity contribution is 0.102. The second-order valence-electron chi connectivity index (χ2n) is 8.53. The Morgan fingerprint density at radius 3 is 2.62 bits per heavy atom. The fourth-order valence-electron chi connectivity index (χ4n) is 4.12. The molecule has 0 bridgehead atoms. The molecular weight excluding hydrogens is 362 g/mol. The number of ether oxygens (including phenoxy) is 1.